The lowest BCUT2D eigenvalue weighted by Crippen LogP contribution is -2.24. The number of rotatable bonds is 8. The first-order valence-electron chi connectivity index (χ1n) is 9.61. The Balaban J connectivity index is 1.60. The fourth-order valence-corrected chi connectivity index (χ4v) is 2.86. The predicted molar refractivity (Wildman–Crippen MR) is 111 cm³/mol. The molecule has 2 aromatic carbocycles. The van der Waals surface area contributed by atoms with Crippen LogP contribution in [0.3, 0.4) is 0 Å². The van der Waals surface area contributed by atoms with Crippen molar-refractivity contribution in [3.05, 3.63) is 72.1 Å². The maximum Gasteiger partial charge on any atom is 0.321 e. The van der Waals surface area contributed by atoms with Crippen LogP contribution in [0, 0.1) is 6.92 Å². The van der Waals surface area contributed by atoms with Gasteiger partial charge in [-0.05, 0) is 48.7 Å². The number of aromatic nitrogens is 2. The molecule has 1 amide bonds. The van der Waals surface area contributed by atoms with Crippen LogP contribution in [0.5, 0.6) is 11.8 Å². The molecule has 1 aromatic heterocycles. The maximum atomic E-state index is 12.1. The molecule has 1 heterocycles. The van der Waals surface area contributed by atoms with E-state index in [1.165, 1.54) is 5.56 Å². The molecule has 0 aliphatic heterocycles. The first-order valence-corrected chi connectivity index (χ1v) is 9.61. The van der Waals surface area contributed by atoms with Gasteiger partial charge in [0.2, 0.25) is 0 Å². The first kappa shape index (κ1) is 19.5. The summed E-state index contributed by atoms with van der Waals surface area (Å²) >= 11 is 0. The van der Waals surface area contributed by atoms with E-state index in [0.29, 0.717) is 17.9 Å². The van der Waals surface area contributed by atoms with Crippen LogP contribution in [-0.2, 0) is 0 Å². The SMILES string of the molecule is CCCCCNC(=O)c1ccc(Oc2ncc(-c3ccccc3C)cn2)cc1. The molecule has 0 unspecified atom stereocenters. The third-order valence-electron chi connectivity index (χ3n) is 4.48. The van der Waals surface area contributed by atoms with E-state index < -0.39 is 0 Å². The lowest BCUT2D eigenvalue weighted by molar-refractivity contribution is 0.0953. The summed E-state index contributed by atoms with van der Waals surface area (Å²) in [5.74, 6) is 0.521. The van der Waals surface area contributed by atoms with Crippen LogP contribution in [0.1, 0.15) is 42.1 Å². The summed E-state index contributed by atoms with van der Waals surface area (Å²) in [4.78, 5) is 20.7. The highest BCUT2D eigenvalue weighted by Gasteiger charge is 2.07. The fourth-order valence-electron chi connectivity index (χ4n) is 2.86. The number of carbonyl (C=O) groups is 1. The van der Waals surface area contributed by atoms with E-state index >= 15 is 0 Å². The number of nitrogens with zero attached hydrogens (tertiary/aromatic N) is 2. The van der Waals surface area contributed by atoms with Gasteiger partial charge in [0.25, 0.3) is 5.91 Å². The summed E-state index contributed by atoms with van der Waals surface area (Å²) in [5.41, 5.74) is 3.83. The Bertz CT molecular complexity index is 906. The molecule has 0 atom stereocenters. The van der Waals surface area contributed by atoms with Crippen molar-refractivity contribution in [3.8, 4) is 22.9 Å². The van der Waals surface area contributed by atoms with E-state index in [9.17, 15) is 4.79 Å². The Labute approximate surface area is 165 Å². The lowest BCUT2D eigenvalue weighted by Gasteiger charge is -2.08. The molecular formula is C23H25N3O2. The van der Waals surface area contributed by atoms with Crippen molar-refractivity contribution in [1.29, 1.82) is 0 Å². The second-order valence-corrected chi connectivity index (χ2v) is 6.66. The number of ether oxygens (including phenoxy) is 1. The van der Waals surface area contributed by atoms with Gasteiger partial charge < -0.3 is 10.1 Å². The van der Waals surface area contributed by atoms with Crippen LogP contribution in [-0.4, -0.2) is 22.4 Å². The molecule has 0 saturated heterocycles. The van der Waals surface area contributed by atoms with Crippen molar-refractivity contribution in [2.24, 2.45) is 0 Å². The van der Waals surface area contributed by atoms with E-state index in [1.54, 1.807) is 36.7 Å². The van der Waals surface area contributed by atoms with E-state index in [0.717, 1.165) is 30.4 Å². The number of nitrogens with one attached hydrogen (secondary N) is 1. The van der Waals surface area contributed by atoms with Crippen LogP contribution in [0.2, 0.25) is 0 Å². The standard InChI is InChI=1S/C23H25N3O2/c1-3-4-7-14-24-22(27)18-10-12-20(13-11-18)28-23-25-15-19(16-26-23)21-9-6-5-8-17(21)2/h5-6,8-13,15-16H,3-4,7,14H2,1-2H3,(H,24,27). The fraction of sp³-hybridized carbons (Fsp3) is 0.261. The molecule has 0 aliphatic carbocycles. The molecular weight excluding hydrogens is 350 g/mol. The number of amides is 1. The number of hydrogen-bond acceptors (Lipinski definition) is 4. The minimum absolute atomic E-state index is 0.0681. The minimum atomic E-state index is -0.0681. The molecule has 0 spiro atoms. The van der Waals surface area contributed by atoms with Gasteiger partial charge in [-0.2, -0.15) is 0 Å². The van der Waals surface area contributed by atoms with E-state index in [2.05, 4.69) is 35.2 Å². The van der Waals surface area contributed by atoms with Crippen LogP contribution in [0.25, 0.3) is 11.1 Å². The molecule has 0 aliphatic rings. The summed E-state index contributed by atoms with van der Waals surface area (Å²) in [6.45, 7) is 4.90. The smallest absolute Gasteiger partial charge is 0.321 e. The van der Waals surface area contributed by atoms with Crippen LogP contribution in [0.15, 0.2) is 60.9 Å². The van der Waals surface area contributed by atoms with E-state index in [1.807, 2.05) is 18.2 Å². The molecule has 0 saturated carbocycles. The average Bonchev–Trinajstić information content (AvgIpc) is 2.73. The van der Waals surface area contributed by atoms with Gasteiger partial charge in [-0.3, -0.25) is 4.79 Å². The average molecular weight is 375 g/mol. The van der Waals surface area contributed by atoms with Crippen molar-refractivity contribution in [1.82, 2.24) is 15.3 Å². The van der Waals surface area contributed by atoms with E-state index in [-0.39, 0.29) is 11.9 Å². The van der Waals surface area contributed by atoms with Crippen molar-refractivity contribution >= 4 is 5.91 Å². The zero-order valence-electron chi connectivity index (χ0n) is 16.3. The number of hydrogen-bond donors (Lipinski definition) is 1. The number of aryl methyl sites for hydroxylation is 1. The van der Waals surface area contributed by atoms with Gasteiger partial charge in [0.05, 0.1) is 0 Å². The van der Waals surface area contributed by atoms with Crippen LogP contribution >= 0.6 is 0 Å². The topological polar surface area (TPSA) is 64.1 Å². The number of unbranched alkanes of at least 4 members (excludes halogenated alkanes) is 2. The number of carbonyl (C=O) groups excluding carboxylic acids is 1. The highest BCUT2D eigenvalue weighted by Crippen LogP contribution is 2.24. The highest BCUT2D eigenvalue weighted by atomic mass is 16.5. The Morgan fingerprint density at radius 3 is 2.39 bits per heavy atom. The first-order chi connectivity index (χ1) is 13.7. The molecule has 28 heavy (non-hydrogen) atoms. The molecule has 3 aromatic rings. The summed E-state index contributed by atoms with van der Waals surface area (Å²) in [5, 5.41) is 2.92. The molecule has 1 N–H and O–H groups in total. The second kappa shape index (κ2) is 9.65. The summed E-state index contributed by atoms with van der Waals surface area (Å²) in [6.07, 6.45) is 6.76. The third kappa shape index (κ3) is 5.16. The largest absolute Gasteiger partial charge is 0.424 e. The van der Waals surface area contributed by atoms with Crippen LogP contribution < -0.4 is 10.1 Å². The van der Waals surface area contributed by atoms with Gasteiger partial charge in [0.1, 0.15) is 5.75 Å². The quantitative estimate of drug-likeness (QED) is 0.552. The van der Waals surface area contributed by atoms with Crippen molar-refractivity contribution in [3.63, 3.8) is 0 Å². The monoisotopic (exact) mass is 375 g/mol. The Morgan fingerprint density at radius 2 is 1.71 bits per heavy atom. The normalized spacial score (nSPS) is 10.5. The zero-order valence-corrected chi connectivity index (χ0v) is 16.3. The second-order valence-electron chi connectivity index (χ2n) is 6.66. The lowest BCUT2D eigenvalue weighted by atomic mass is 10.0. The van der Waals surface area contributed by atoms with Gasteiger partial charge in [-0.1, -0.05) is 44.0 Å². The van der Waals surface area contributed by atoms with E-state index in [4.69, 9.17) is 4.74 Å². The van der Waals surface area contributed by atoms with Gasteiger partial charge in [0.15, 0.2) is 0 Å². The summed E-state index contributed by atoms with van der Waals surface area (Å²) < 4.78 is 5.69. The Morgan fingerprint density at radius 1 is 1.00 bits per heavy atom. The van der Waals surface area contributed by atoms with Gasteiger partial charge >= 0.3 is 6.01 Å². The highest BCUT2D eigenvalue weighted by molar-refractivity contribution is 5.94. The molecule has 5 heteroatoms. The van der Waals surface area contributed by atoms with Gasteiger partial charge in [0, 0.05) is 30.1 Å². The molecule has 0 fully saturated rings. The summed E-state index contributed by atoms with van der Waals surface area (Å²) in [7, 11) is 0. The number of benzene rings is 2. The van der Waals surface area contributed by atoms with Crippen molar-refractivity contribution in [2.75, 3.05) is 6.54 Å². The molecule has 0 radical (unpaired) electrons. The van der Waals surface area contributed by atoms with Crippen LogP contribution in [0.4, 0.5) is 0 Å². The molecule has 144 valence electrons. The molecule has 5 nitrogen and oxygen atoms in total. The Kier molecular flexibility index (Phi) is 6.73. The summed E-state index contributed by atoms with van der Waals surface area (Å²) in [6, 6.07) is 15.4. The maximum absolute atomic E-state index is 12.1. The predicted octanol–water partition coefficient (Wildman–Crippen LogP) is 5.16. The zero-order chi connectivity index (χ0) is 19.8. The molecule has 3 rings (SSSR count). The van der Waals surface area contributed by atoms with Gasteiger partial charge in [-0.25, -0.2) is 9.97 Å². The van der Waals surface area contributed by atoms with Crippen molar-refractivity contribution in [2.45, 2.75) is 33.1 Å². The third-order valence-corrected chi connectivity index (χ3v) is 4.48. The van der Waals surface area contributed by atoms with Gasteiger partial charge in [-0.15, -0.1) is 0 Å². The minimum Gasteiger partial charge on any atom is -0.424 e. The molecule has 0 bridgehead atoms. The van der Waals surface area contributed by atoms with Crippen molar-refractivity contribution < 1.29 is 9.53 Å². The Hall–Kier alpha value is -3.21.